The zero-order valence-electron chi connectivity index (χ0n) is 45.6. The molecule has 0 spiro atoms. The lowest BCUT2D eigenvalue weighted by atomic mass is 10.0. The first-order valence-electron chi connectivity index (χ1n) is 30.0. The van der Waals surface area contributed by atoms with Crippen LogP contribution in [-0.4, -0.2) is 37.2 Å². The number of allylic oxidation sites excluding steroid dienone is 6. The molecule has 0 aromatic carbocycles. The summed E-state index contributed by atoms with van der Waals surface area (Å²) < 4.78 is 16.9. The minimum atomic E-state index is -0.774. The van der Waals surface area contributed by atoms with Crippen molar-refractivity contribution in [3.8, 4) is 0 Å². The van der Waals surface area contributed by atoms with Crippen LogP contribution < -0.4 is 0 Å². The average Bonchev–Trinajstić information content (AvgIpc) is 3.34. The predicted molar refractivity (Wildman–Crippen MR) is 293 cm³/mol. The van der Waals surface area contributed by atoms with Crippen LogP contribution in [-0.2, 0) is 28.6 Å². The highest BCUT2D eigenvalue weighted by Crippen LogP contribution is 2.17. The molecule has 0 radical (unpaired) electrons. The molecule has 6 nitrogen and oxygen atoms in total. The molecular formula is C62H114O6. The van der Waals surface area contributed by atoms with Gasteiger partial charge < -0.3 is 14.2 Å². The van der Waals surface area contributed by atoms with Gasteiger partial charge in [0, 0.05) is 19.3 Å². The molecule has 0 aliphatic rings. The fraction of sp³-hybridized carbons (Fsp3) is 0.855. The van der Waals surface area contributed by atoms with Crippen molar-refractivity contribution in [2.75, 3.05) is 13.2 Å². The van der Waals surface area contributed by atoms with E-state index in [4.69, 9.17) is 14.2 Å². The van der Waals surface area contributed by atoms with Crippen LogP contribution in [0.1, 0.15) is 323 Å². The highest BCUT2D eigenvalue weighted by molar-refractivity contribution is 5.71. The van der Waals surface area contributed by atoms with Crippen LogP contribution in [0.15, 0.2) is 36.5 Å². The van der Waals surface area contributed by atoms with Gasteiger partial charge >= 0.3 is 17.9 Å². The van der Waals surface area contributed by atoms with Crippen molar-refractivity contribution in [2.45, 2.75) is 329 Å². The Kier molecular flexibility index (Phi) is 55.2. The smallest absolute Gasteiger partial charge is 0.306 e. The van der Waals surface area contributed by atoms with Crippen LogP contribution in [0.2, 0.25) is 0 Å². The number of hydrogen-bond acceptors (Lipinski definition) is 6. The second kappa shape index (κ2) is 57.2. The lowest BCUT2D eigenvalue weighted by Gasteiger charge is -2.18. The lowest BCUT2D eigenvalue weighted by Crippen LogP contribution is -2.30. The molecule has 398 valence electrons. The van der Waals surface area contributed by atoms with Gasteiger partial charge in [0.15, 0.2) is 6.10 Å². The monoisotopic (exact) mass is 955 g/mol. The fourth-order valence-corrected chi connectivity index (χ4v) is 8.82. The molecule has 0 N–H and O–H groups in total. The Morgan fingerprint density at radius 1 is 0.294 bits per heavy atom. The van der Waals surface area contributed by atoms with Gasteiger partial charge in [0.05, 0.1) is 0 Å². The number of carbonyl (C=O) groups excluding carboxylic acids is 3. The van der Waals surface area contributed by atoms with Gasteiger partial charge in [0.2, 0.25) is 0 Å². The molecule has 0 bridgehead atoms. The number of carbonyl (C=O) groups is 3. The normalized spacial score (nSPS) is 12.2. The summed E-state index contributed by atoms with van der Waals surface area (Å²) in [5.41, 5.74) is 0. The van der Waals surface area contributed by atoms with Crippen molar-refractivity contribution in [2.24, 2.45) is 0 Å². The van der Waals surface area contributed by atoms with Crippen LogP contribution in [0.3, 0.4) is 0 Å². The van der Waals surface area contributed by atoms with Crippen molar-refractivity contribution >= 4 is 17.9 Å². The SMILES string of the molecule is CCCCCC/C=C\CCCCCCCC(=O)OCC(COC(=O)CCCCCCCCCCC/C=C\C/C=C\CCCCCCC)OC(=O)CCCCCCCCCCCCCCCCCC. The van der Waals surface area contributed by atoms with E-state index in [-0.39, 0.29) is 31.1 Å². The Hall–Kier alpha value is -2.37. The maximum Gasteiger partial charge on any atom is 0.306 e. The summed E-state index contributed by atoms with van der Waals surface area (Å²) in [5.74, 6) is -0.867. The van der Waals surface area contributed by atoms with Crippen LogP contribution in [0, 0.1) is 0 Å². The van der Waals surface area contributed by atoms with Gasteiger partial charge in [-0.2, -0.15) is 0 Å². The van der Waals surface area contributed by atoms with E-state index in [1.165, 1.54) is 212 Å². The first kappa shape index (κ1) is 65.6. The fourth-order valence-electron chi connectivity index (χ4n) is 8.82. The van der Waals surface area contributed by atoms with Crippen molar-refractivity contribution in [3.63, 3.8) is 0 Å². The second-order valence-corrected chi connectivity index (χ2v) is 20.3. The van der Waals surface area contributed by atoms with E-state index >= 15 is 0 Å². The first-order chi connectivity index (χ1) is 33.5. The van der Waals surface area contributed by atoms with E-state index in [0.717, 1.165) is 70.6 Å². The first-order valence-corrected chi connectivity index (χ1v) is 30.0. The summed E-state index contributed by atoms with van der Waals surface area (Å²) in [4.78, 5) is 38.2. The number of esters is 3. The van der Waals surface area contributed by atoms with Crippen molar-refractivity contribution in [1.82, 2.24) is 0 Å². The molecule has 0 heterocycles. The number of rotatable bonds is 55. The minimum Gasteiger partial charge on any atom is -0.462 e. The van der Waals surface area contributed by atoms with Gasteiger partial charge in [0.1, 0.15) is 13.2 Å². The minimum absolute atomic E-state index is 0.0733. The molecule has 1 atom stereocenters. The van der Waals surface area contributed by atoms with E-state index in [1.54, 1.807) is 0 Å². The maximum atomic E-state index is 12.9. The predicted octanol–water partition coefficient (Wildman–Crippen LogP) is 20.0. The number of hydrogen-bond donors (Lipinski definition) is 0. The molecule has 0 aromatic rings. The van der Waals surface area contributed by atoms with Crippen LogP contribution >= 0.6 is 0 Å². The highest BCUT2D eigenvalue weighted by atomic mass is 16.6. The van der Waals surface area contributed by atoms with Gasteiger partial charge in [-0.3, -0.25) is 14.4 Å². The standard InChI is InChI=1S/C62H114O6/c1-4-7-10-13-16-19-22-25-27-29-30-31-32-33-35-37-40-43-46-49-52-55-61(64)67-58-59(57-66-60(63)54-51-48-45-42-39-36-24-21-18-15-12-9-6-3)68-62(65)56-53-50-47-44-41-38-34-28-26-23-20-17-14-11-8-5-2/h21-22,24-25,29-30,59H,4-20,23,26-28,31-58H2,1-3H3/b24-21-,25-22-,30-29-. The molecule has 0 saturated carbocycles. The Labute approximate surface area is 423 Å². The van der Waals surface area contributed by atoms with E-state index in [0.29, 0.717) is 19.3 Å². The summed E-state index contributed by atoms with van der Waals surface area (Å²) in [6.07, 6.45) is 68.5. The van der Waals surface area contributed by atoms with Gasteiger partial charge in [0.25, 0.3) is 0 Å². The van der Waals surface area contributed by atoms with Crippen LogP contribution in [0.4, 0.5) is 0 Å². The lowest BCUT2D eigenvalue weighted by molar-refractivity contribution is -0.167. The zero-order chi connectivity index (χ0) is 49.3. The summed E-state index contributed by atoms with van der Waals surface area (Å²) in [5, 5.41) is 0. The van der Waals surface area contributed by atoms with Crippen molar-refractivity contribution in [3.05, 3.63) is 36.5 Å². The van der Waals surface area contributed by atoms with Gasteiger partial charge in [-0.25, -0.2) is 0 Å². The van der Waals surface area contributed by atoms with Gasteiger partial charge in [-0.1, -0.05) is 263 Å². The van der Waals surface area contributed by atoms with E-state index < -0.39 is 6.10 Å². The topological polar surface area (TPSA) is 78.9 Å². The quantitative estimate of drug-likeness (QED) is 0.0262. The Morgan fingerprint density at radius 3 is 0.838 bits per heavy atom. The third-order valence-corrected chi connectivity index (χ3v) is 13.4. The molecule has 0 aromatic heterocycles. The molecule has 0 amide bonds. The Bertz CT molecular complexity index is 1140. The summed E-state index contributed by atoms with van der Waals surface area (Å²) in [6, 6.07) is 0. The van der Waals surface area contributed by atoms with Gasteiger partial charge in [-0.05, 0) is 77.0 Å². The molecule has 68 heavy (non-hydrogen) atoms. The largest absolute Gasteiger partial charge is 0.462 e. The van der Waals surface area contributed by atoms with Crippen LogP contribution in [0.5, 0.6) is 0 Å². The van der Waals surface area contributed by atoms with Gasteiger partial charge in [-0.15, -0.1) is 0 Å². The average molecular weight is 956 g/mol. The third kappa shape index (κ3) is 54.6. The zero-order valence-corrected chi connectivity index (χ0v) is 45.6. The Morgan fingerprint density at radius 2 is 0.529 bits per heavy atom. The molecule has 0 fully saturated rings. The van der Waals surface area contributed by atoms with E-state index in [9.17, 15) is 14.4 Å². The van der Waals surface area contributed by atoms with E-state index in [2.05, 4.69) is 57.2 Å². The number of unbranched alkanes of at least 4 members (excludes halogenated alkanes) is 38. The molecule has 0 rings (SSSR count). The van der Waals surface area contributed by atoms with Crippen molar-refractivity contribution < 1.29 is 28.6 Å². The molecule has 0 saturated heterocycles. The van der Waals surface area contributed by atoms with Crippen LogP contribution in [0.25, 0.3) is 0 Å². The van der Waals surface area contributed by atoms with E-state index in [1.807, 2.05) is 0 Å². The Balaban J connectivity index is 4.31. The molecule has 0 aliphatic heterocycles. The highest BCUT2D eigenvalue weighted by Gasteiger charge is 2.19. The third-order valence-electron chi connectivity index (χ3n) is 13.4. The summed E-state index contributed by atoms with van der Waals surface area (Å²) in [6.45, 7) is 6.65. The molecule has 1 unspecified atom stereocenters. The van der Waals surface area contributed by atoms with Crippen molar-refractivity contribution in [1.29, 1.82) is 0 Å². The molecule has 6 heteroatoms. The summed E-state index contributed by atoms with van der Waals surface area (Å²) in [7, 11) is 0. The molecular weight excluding hydrogens is 841 g/mol. The maximum absolute atomic E-state index is 12.9. The molecule has 0 aliphatic carbocycles. The second-order valence-electron chi connectivity index (χ2n) is 20.3. The summed E-state index contributed by atoms with van der Waals surface area (Å²) >= 11 is 0. The number of ether oxygens (including phenoxy) is 3.